The summed E-state index contributed by atoms with van der Waals surface area (Å²) in [6.45, 7) is 3.87. The molecule has 0 radical (unpaired) electrons. The second-order valence-corrected chi connectivity index (χ2v) is 8.30. The number of aromatic carboxylic acids is 1. The van der Waals surface area contributed by atoms with Gasteiger partial charge >= 0.3 is 5.97 Å². The van der Waals surface area contributed by atoms with E-state index in [0.29, 0.717) is 18.2 Å². The first-order valence-electron chi connectivity index (χ1n) is 10.9. The molecule has 2 fully saturated rings. The van der Waals surface area contributed by atoms with Gasteiger partial charge in [0.25, 0.3) is 0 Å². The molecule has 0 aliphatic heterocycles. The number of aryl methyl sites for hydroxylation is 1. The van der Waals surface area contributed by atoms with Crippen LogP contribution in [0.1, 0.15) is 79.3 Å². The minimum atomic E-state index is -0.882. The highest BCUT2D eigenvalue weighted by Gasteiger charge is 2.24. The van der Waals surface area contributed by atoms with Crippen LogP contribution in [0, 0.1) is 6.92 Å². The van der Waals surface area contributed by atoms with Crippen molar-refractivity contribution >= 4 is 5.97 Å². The van der Waals surface area contributed by atoms with Crippen molar-refractivity contribution in [2.75, 3.05) is 13.2 Å². The third-order valence-corrected chi connectivity index (χ3v) is 6.12. The van der Waals surface area contributed by atoms with Crippen molar-refractivity contribution in [3.05, 3.63) is 34.9 Å². The molecule has 2 N–H and O–H groups in total. The summed E-state index contributed by atoms with van der Waals surface area (Å²) in [4.78, 5) is 11.5. The molecule has 1 unspecified atom stereocenters. The maximum atomic E-state index is 11.5. The van der Waals surface area contributed by atoms with Gasteiger partial charge in [0, 0.05) is 12.6 Å². The highest BCUT2D eigenvalue weighted by Crippen LogP contribution is 2.25. The van der Waals surface area contributed by atoms with Gasteiger partial charge in [0.1, 0.15) is 0 Å². The van der Waals surface area contributed by atoms with Crippen LogP contribution in [0.25, 0.3) is 0 Å². The van der Waals surface area contributed by atoms with E-state index >= 15 is 0 Å². The van der Waals surface area contributed by atoms with Crippen molar-refractivity contribution in [2.24, 2.45) is 0 Å². The second kappa shape index (κ2) is 10.9. The molecule has 3 rings (SSSR count). The van der Waals surface area contributed by atoms with Gasteiger partial charge in [-0.05, 0) is 56.6 Å². The number of hydrogen-bond donors (Lipinski definition) is 2. The van der Waals surface area contributed by atoms with Gasteiger partial charge in [0.05, 0.1) is 31.0 Å². The summed E-state index contributed by atoms with van der Waals surface area (Å²) in [5, 5.41) is 13.1. The number of ether oxygens (including phenoxy) is 2. The third kappa shape index (κ3) is 6.29. The lowest BCUT2D eigenvalue weighted by atomic mass is 9.94. The summed E-state index contributed by atoms with van der Waals surface area (Å²) < 4.78 is 12.2. The lowest BCUT2D eigenvalue weighted by Gasteiger charge is -2.30. The summed E-state index contributed by atoms with van der Waals surface area (Å²) in [6, 6.07) is 6.26. The molecule has 2 aliphatic rings. The smallest absolute Gasteiger partial charge is 0.336 e. The Morgan fingerprint density at radius 3 is 2.57 bits per heavy atom. The standard InChI is InChI=1S/C23H35NO4/c1-17-7-5-8-18(22(17)23(25)26)16-28-21-12-6-11-20(15-21)27-14-13-24-19-9-3-2-4-10-19/h5,7-8,19-21,24H,2-4,6,9-16H2,1H3,(H,25,26)/t20?,21-/m1/s1. The van der Waals surface area contributed by atoms with Gasteiger partial charge < -0.3 is 19.9 Å². The van der Waals surface area contributed by atoms with Gasteiger partial charge in [-0.25, -0.2) is 4.79 Å². The number of carboxylic acids is 1. The van der Waals surface area contributed by atoms with Crippen molar-refractivity contribution < 1.29 is 19.4 Å². The Bertz CT molecular complexity index is 627. The van der Waals surface area contributed by atoms with Crippen LogP contribution in [0.5, 0.6) is 0 Å². The fraction of sp³-hybridized carbons (Fsp3) is 0.696. The monoisotopic (exact) mass is 389 g/mol. The van der Waals surface area contributed by atoms with Crippen LogP contribution in [-0.4, -0.2) is 42.5 Å². The third-order valence-electron chi connectivity index (χ3n) is 6.12. The van der Waals surface area contributed by atoms with Gasteiger partial charge in [-0.1, -0.05) is 37.5 Å². The average Bonchev–Trinajstić information content (AvgIpc) is 2.70. The van der Waals surface area contributed by atoms with Gasteiger partial charge in [-0.3, -0.25) is 0 Å². The molecule has 1 aromatic rings. The quantitative estimate of drug-likeness (QED) is 0.610. The average molecular weight is 390 g/mol. The summed E-state index contributed by atoms with van der Waals surface area (Å²) >= 11 is 0. The molecule has 0 aromatic heterocycles. The lowest BCUT2D eigenvalue weighted by Crippen LogP contribution is -2.35. The molecule has 2 atom stereocenters. The number of rotatable bonds is 9. The molecule has 1 aromatic carbocycles. The first-order valence-corrected chi connectivity index (χ1v) is 10.9. The van der Waals surface area contributed by atoms with Crippen LogP contribution < -0.4 is 5.32 Å². The molecule has 0 spiro atoms. The molecule has 28 heavy (non-hydrogen) atoms. The normalized spacial score (nSPS) is 23.6. The molecule has 5 nitrogen and oxygen atoms in total. The molecule has 2 saturated carbocycles. The minimum Gasteiger partial charge on any atom is -0.478 e. The van der Waals surface area contributed by atoms with Crippen LogP contribution >= 0.6 is 0 Å². The van der Waals surface area contributed by atoms with E-state index in [4.69, 9.17) is 9.47 Å². The minimum absolute atomic E-state index is 0.146. The maximum absolute atomic E-state index is 11.5. The molecule has 0 bridgehead atoms. The summed E-state index contributed by atoms with van der Waals surface area (Å²) in [5.41, 5.74) is 1.91. The Morgan fingerprint density at radius 1 is 1.07 bits per heavy atom. The predicted octanol–water partition coefficient (Wildman–Crippen LogP) is 4.46. The molecule has 0 amide bonds. The second-order valence-electron chi connectivity index (χ2n) is 8.30. The number of carboxylic acid groups (broad SMARTS) is 1. The molecular formula is C23H35NO4. The zero-order valence-electron chi connectivity index (χ0n) is 17.1. The Hall–Kier alpha value is -1.43. The van der Waals surface area contributed by atoms with Gasteiger partial charge in [0.15, 0.2) is 0 Å². The highest BCUT2D eigenvalue weighted by molar-refractivity contribution is 5.91. The van der Waals surface area contributed by atoms with Crippen LogP contribution in [0.15, 0.2) is 18.2 Å². The van der Waals surface area contributed by atoms with E-state index in [0.717, 1.165) is 50.0 Å². The van der Waals surface area contributed by atoms with Crippen LogP contribution in [0.3, 0.4) is 0 Å². The number of nitrogens with one attached hydrogen (secondary N) is 1. The van der Waals surface area contributed by atoms with E-state index in [2.05, 4.69) is 5.32 Å². The fourth-order valence-corrected chi connectivity index (χ4v) is 4.56. The van der Waals surface area contributed by atoms with E-state index < -0.39 is 5.97 Å². The fourth-order valence-electron chi connectivity index (χ4n) is 4.56. The van der Waals surface area contributed by atoms with Gasteiger partial charge in [-0.15, -0.1) is 0 Å². The zero-order valence-corrected chi connectivity index (χ0v) is 17.1. The SMILES string of the molecule is Cc1cccc(CO[C@@H]2CCCC(OCCNC3CCCCC3)C2)c1C(=O)O. The van der Waals surface area contributed by atoms with E-state index in [1.165, 1.54) is 32.1 Å². The lowest BCUT2D eigenvalue weighted by molar-refractivity contribution is -0.0499. The largest absolute Gasteiger partial charge is 0.478 e. The first-order chi connectivity index (χ1) is 13.6. The highest BCUT2D eigenvalue weighted by atomic mass is 16.5. The molecule has 0 saturated heterocycles. The van der Waals surface area contributed by atoms with Crippen molar-refractivity contribution in [1.29, 1.82) is 0 Å². The van der Waals surface area contributed by atoms with E-state index in [-0.39, 0.29) is 12.2 Å². The Kier molecular flexibility index (Phi) is 8.31. The predicted molar refractivity (Wildman–Crippen MR) is 110 cm³/mol. The summed E-state index contributed by atoms with van der Waals surface area (Å²) in [5.74, 6) is -0.882. The molecule has 5 heteroatoms. The van der Waals surface area contributed by atoms with Gasteiger partial charge in [0.2, 0.25) is 0 Å². The summed E-state index contributed by atoms with van der Waals surface area (Å²) in [6.07, 6.45) is 11.2. The van der Waals surface area contributed by atoms with Crippen LogP contribution in [0.4, 0.5) is 0 Å². The Morgan fingerprint density at radius 2 is 1.82 bits per heavy atom. The van der Waals surface area contributed by atoms with Crippen LogP contribution in [0.2, 0.25) is 0 Å². The van der Waals surface area contributed by atoms with Crippen molar-refractivity contribution in [1.82, 2.24) is 5.32 Å². The number of carbonyl (C=O) groups is 1. The number of benzene rings is 1. The molecular weight excluding hydrogens is 354 g/mol. The molecule has 2 aliphatic carbocycles. The van der Waals surface area contributed by atoms with Gasteiger partial charge in [-0.2, -0.15) is 0 Å². The zero-order chi connectivity index (χ0) is 19.8. The van der Waals surface area contributed by atoms with E-state index in [1.54, 1.807) is 0 Å². The topological polar surface area (TPSA) is 67.8 Å². The summed E-state index contributed by atoms with van der Waals surface area (Å²) in [7, 11) is 0. The maximum Gasteiger partial charge on any atom is 0.336 e. The van der Waals surface area contributed by atoms with Crippen LogP contribution in [-0.2, 0) is 16.1 Å². The van der Waals surface area contributed by atoms with Crippen molar-refractivity contribution in [3.63, 3.8) is 0 Å². The molecule has 0 heterocycles. The molecule has 156 valence electrons. The van der Waals surface area contributed by atoms with Crippen molar-refractivity contribution in [2.45, 2.75) is 89.6 Å². The first kappa shape index (κ1) is 21.3. The van der Waals surface area contributed by atoms with Crippen molar-refractivity contribution in [3.8, 4) is 0 Å². The number of hydrogen-bond acceptors (Lipinski definition) is 4. The van der Waals surface area contributed by atoms with E-state index in [1.807, 2.05) is 25.1 Å². The van der Waals surface area contributed by atoms with E-state index in [9.17, 15) is 9.90 Å². The Labute approximate surface area is 168 Å². The Balaban J connectivity index is 1.39.